The highest BCUT2D eigenvalue weighted by atomic mass is 35.5. The molecule has 1 unspecified atom stereocenters. The minimum atomic E-state index is -3.84. The maximum atomic E-state index is 12.7. The van der Waals surface area contributed by atoms with E-state index in [4.69, 9.17) is 16.3 Å². The molecule has 3 rings (SSSR count). The van der Waals surface area contributed by atoms with E-state index in [1.54, 1.807) is 31.4 Å². The summed E-state index contributed by atoms with van der Waals surface area (Å²) in [5.41, 5.74) is 2.54. The third-order valence-electron chi connectivity index (χ3n) is 4.74. The predicted octanol–water partition coefficient (Wildman–Crippen LogP) is 4.95. The van der Waals surface area contributed by atoms with Crippen molar-refractivity contribution in [2.75, 3.05) is 11.8 Å². The van der Waals surface area contributed by atoms with E-state index in [1.165, 1.54) is 24.3 Å². The number of hydrogen-bond acceptors (Lipinski definition) is 4. The van der Waals surface area contributed by atoms with Crippen molar-refractivity contribution in [3.05, 3.63) is 88.4 Å². The molecule has 0 saturated carbocycles. The van der Waals surface area contributed by atoms with Crippen LogP contribution in [0.4, 0.5) is 5.69 Å². The van der Waals surface area contributed by atoms with E-state index in [2.05, 4.69) is 10.0 Å². The topological polar surface area (TPSA) is 84.5 Å². The number of nitrogens with one attached hydrogen (secondary N) is 2. The molecule has 2 N–H and O–H groups in total. The monoisotopic (exact) mass is 458 g/mol. The first-order valence-corrected chi connectivity index (χ1v) is 11.4. The van der Waals surface area contributed by atoms with E-state index in [0.717, 1.165) is 11.1 Å². The molecule has 3 aromatic carbocycles. The molecule has 162 valence electrons. The van der Waals surface area contributed by atoms with Crippen LogP contribution in [0.25, 0.3) is 0 Å². The van der Waals surface area contributed by atoms with Crippen LogP contribution in [0, 0.1) is 6.92 Å². The number of hydrogen-bond donors (Lipinski definition) is 2. The summed E-state index contributed by atoms with van der Waals surface area (Å²) in [6.45, 7) is 3.83. The molecule has 8 heteroatoms. The number of benzene rings is 3. The van der Waals surface area contributed by atoms with Crippen molar-refractivity contribution in [2.45, 2.75) is 24.8 Å². The Kier molecular flexibility index (Phi) is 6.87. The van der Waals surface area contributed by atoms with Gasteiger partial charge in [0.25, 0.3) is 15.9 Å². The zero-order valence-electron chi connectivity index (χ0n) is 17.3. The highest BCUT2D eigenvalue weighted by Gasteiger charge is 2.18. The summed E-state index contributed by atoms with van der Waals surface area (Å²) >= 11 is 6.03. The van der Waals surface area contributed by atoms with Crippen molar-refractivity contribution in [2.24, 2.45) is 0 Å². The fourth-order valence-corrected chi connectivity index (χ4v) is 4.40. The molecular formula is C23H23ClN2O4S. The first-order valence-electron chi connectivity index (χ1n) is 9.54. The van der Waals surface area contributed by atoms with Gasteiger partial charge in [0, 0.05) is 11.1 Å². The molecule has 0 aromatic heterocycles. The van der Waals surface area contributed by atoms with Gasteiger partial charge in [-0.3, -0.25) is 9.52 Å². The maximum Gasteiger partial charge on any atom is 0.261 e. The Morgan fingerprint density at radius 1 is 1.03 bits per heavy atom. The molecular weight excluding hydrogens is 436 g/mol. The SMILES string of the molecule is COc1ccc(C)cc1C(C)NC(=O)c1ccc(S(=O)(=O)Nc2ccccc2Cl)cc1. The van der Waals surface area contributed by atoms with E-state index >= 15 is 0 Å². The molecule has 0 aliphatic carbocycles. The van der Waals surface area contributed by atoms with Crippen LogP contribution in [0.5, 0.6) is 5.75 Å². The van der Waals surface area contributed by atoms with Crippen LogP contribution >= 0.6 is 11.6 Å². The summed E-state index contributed by atoms with van der Waals surface area (Å²) in [5.74, 6) is 0.365. The van der Waals surface area contributed by atoms with Crippen molar-refractivity contribution >= 4 is 33.2 Å². The Labute approximate surface area is 187 Å². The number of carbonyl (C=O) groups excluding carboxylic acids is 1. The second-order valence-electron chi connectivity index (χ2n) is 7.05. The molecule has 0 heterocycles. The summed E-state index contributed by atoms with van der Waals surface area (Å²) in [6.07, 6.45) is 0. The van der Waals surface area contributed by atoms with Gasteiger partial charge in [-0.1, -0.05) is 41.4 Å². The molecule has 1 amide bonds. The van der Waals surface area contributed by atoms with Crippen LogP contribution in [0.15, 0.2) is 71.6 Å². The van der Waals surface area contributed by atoms with Crippen molar-refractivity contribution in [1.82, 2.24) is 5.32 Å². The summed E-state index contributed by atoms with van der Waals surface area (Å²) in [6, 6.07) is 17.7. The average molecular weight is 459 g/mol. The minimum absolute atomic E-state index is 0.0253. The van der Waals surface area contributed by atoms with Crippen LogP contribution in [0.1, 0.15) is 34.5 Å². The Balaban J connectivity index is 1.74. The molecule has 0 aliphatic rings. The molecule has 0 fully saturated rings. The van der Waals surface area contributed by atoms with Crippen molar-refractivity contribution in [1.29, 1.82) is 0 Å². The van der Waals surface area contributed by atoms with E-state index in [-0.39, 0.29) is 22.5 Å². The van der Waals surface area contributed by atoms with E-state index in [9.17, 15) is 13.2 Å². The lowest BCUT2D eigenvalue weighted by Gasteiger charge is -2.18. The average Bonchev–Trinajstić information content (AvgIpc) is 2.75. The fraction of sp³-hybridized carbons (Fsp3) is 0.174. The fourth-order valence-electron chi connectivity index (χ4n) is 3.08. The second-order valence-corrected chi connectivity index (χ2v) is 9.14. The second kappa shape index (κ2) is 9.41. The number of para-hydroxylation sites is 1. The molecule has 6 nitrogen and oxygen atoms in total. The number of amides is 1. The molecule has 0 saturated heterocycles. The summed E-state index contributed by atoms with van der Waals surface area (Å²) in [7, 11) is -2.26. The Morgan fingerprint density at radius 2 is 1.71 bits per heavy atom. The lowest BCUT2D eigenvalue weighted by atomic mass is 10.0. The number of ether oxygens (including phenoxy) is 1. The largest absolute Gasteiger partial charge is 0.496 e. The third-order valence-corrected chi connectivity index (χ3v) is 6.46. The molecule has 0 spiro atoms. The van der Waals surface area contributed by atoms with Crippen molar-refractivity contribution in [3.8, 4) is 5.75 Å². The number of sulfonamides is 1. The van der Waals surface area contributed by atoms with Crippen LogP contribution in [-0.4, -0.2) is 21.4 Å². The van der Waals surface area contributed by atoms with Gasteiger partial charge < -0.3 is 10.1 Å². The summed E-state index contributed by atoms with van der Waals surface area (Å²) < 4.78 is 33.1. The molecule has 0 aliphatic heterocycles. The van der Waals surface area contributed by atoms with E-state index in [0.29, 0.717) is 16.3 Å². The smallest absolute Gasteiger partial charge is 0.261 e. The van der Waals surface area contributed by atoms with Gasteiger partial charge in [0.1, 0.15) is 5.75 Å². The van der Waals surface area contributed by atoms with Gasteiger partial charge in [-0.25, -0.2) is 8.42 Å². The molecule has 31 heavy (non-hydrogen) atoms. The van der Waals surface area contributed by atoms with Crippen molar-refractivity contribution < 1.29 is 17.9 Å². The third kappa shape index (κ3) is 5.37. The van der Waals surface area contributed by atoms with Crippen molar-refractivity contribution in [3.63, 3.8) is 0 Å². The number of rotatable bonds is 7. The first-order chi connectivity index (χ1) is 14.7. The number of aryl methyl sites for hydroxylation is 1. The first kappa shape index (κ1) is 22.7. The number of anilines is 1. The normalized spacial score (nSPS) is 12.1. The maximum absolute atomic E-state index is 12.7. The van der Waals surface area contributed by atoms with Crippen LogP contribution < -0.4 is 14.8 Å². The Morgan fingerprint density at radius 3 is 2.35 bits per heavy atom. The standard InChI is InChI=1S/C23H23ClN2O4S/c1-15-8-13-22(30-3)19(14-15)16(2)25-23(27)17-9-11-18(12-10-17)31(28,29)26-21-7-5-4-6-20(21)24/h4-14,16,26H,1-3H3,(H,25,27). The van der Waals surface area contributed by atoms with E-state index in [1.807, 2.05) is 32.0 Å². The predicted molar refractivity (Wildman–Crippen MR) is 122 cm³/mol. The number of methoxy groups -OCH3 is 1. The molecule has 1 atom stereocenters. The van der Waals surface area contributed by atoms with Gasteiger partial charge >= 0.3 is 0 Å². The Bertz CT molecular complexity index is 1190. The lowest BCUT2D eigenvalue weighted by Crippen LogP contribution is -2.27. The van der Waals surface area contributed by atoms with Crippen LogP contribution in [-0.2, 0) is 10.0 Å². The van der Waals surface area contributed by atoms with Gasteiger partial charge in [-0.2, -0.15) is 0 Å². The van der Waals surface area contributed by atoms with Gasteiger partial charge in [-0.15, -0.1) is 0 Å². The number of halogens is 1. The highest BCUT2D eigenvalue weighted by molar-refractivity contribution is 7.92. The highest BCUT2D eigenvalue weighted by Crippen LogP contribution is 2.27. The summed E-state index contributed by atoms with van der Waals surface area (Å²) in [4.78, 5) is 12.7. The molecule has 3 aromatic rings. The lowest BCUT2D eigenvalue weighted by molar-refractivity contribution is 0.0939. The Hall–Kier alpha value is -3.03. The number of carbonyl (C=O) groups is 1. The van der Waals surface area contributed by atoms with Gasteiger partial charge in [-0.05, 0) is 56.3 Å². The van der Waals surface area contributed by atoms with Crippen LogP contribution in [0.3, 0.4) is 0 Å². The quantitative estimate of drug-likeness (QED) is 0.524. The zero-order chi connectivity index (χ0) is 22.6. The van der Waals surface area contributed by atoms with Gasteiger partial charge in [0.05, 0.1) is 28.8 Å². The molecule has 0 radical (unpaired) electrons. The van der Waals surface area contributed by atoms with Gasteiger partial charge in [0.15, 0.2) is 0 Å². The van der Waals surface area contributed by atoms with Gasteiger partial charge in [0.2, 0.25) is 0 Å². The molecule has 0 bridgehead atoms. The minimum Gasteiger partial charge on any atom is -0.496 e. The van der Waals surface area contributed by atoms with E-state index < -0.39 is 10.0 Å². The summed E-state index contributed by atoms with van der Waals surface area (Å²) in [5, 5.41) is 3.21. The van der Waals surface area contributed by atoms with Crippen LogP contribution in [0.2, 0.25) is 5.02 Å². The zero-order valence-corrected chi connectivity index (χ0v) is 18.9.